The van der Waals surface area contributed by atoms with Crippen molar-refractivity contribution >= 4 is 39.4 Å². The molecule has 2 aromatic heterocycles. The molecule has 152 valence electrons. The van der Waals surface area contributed by atoms with Crippen LogP contribution in [-0.4, -0.2) is 15.6 Å². The molecule has 1 aliphatic rings. The number of nitrogens with one attached hydrogen (secondary N) is 2. The van der Waals surface area contributed by atoms with Gasteiger partial charge in [-0.1, -0.05) is 18.2 Å². The first kappa shape index (κ1) is 18.9. The molecule has 0 bridgehead atoms. The molecule has 0 radical (unpaired) electrons. The van der Waals surface area contributed by atoms with E-state index in [1.54, 1.807) is 11.3 Å². The average Bonchev–Trinajstić information content (AvgIpc) is 3.35. The normalized spacial score (nSPS) is 15.4. The SMILES string of the molecule is CC(Nc1cccc2nc(Nc3cccc4c3OC(C)(C)C4)ccc12)c1nccs1. The summed E-state index contributed by atoms with van der Waals surface area (Å²) in [5, 5.41) is 11.2. The molecule has 0 saturated carbocycles. The van der Waals surface area contributed by atoms with Gasteiger partial charge >= 0.3 is 0 Å². The molecule has 1 aliphatic heterocycles. The lowest BCUT2D eigenvalue weighted by molar-refractivity contribution is 0.139. The number of ether oxygens (including phenoxy) is 1. The van der Waals surface area contributed by atoms with Gasteiger partial charge < -0.3 is 15.4 Å². The Kier molecular flexibility index (Phi) is 4.59. The lowest BCUT2D eigenvalue weighted by Gasteiger charge is -2.18. The van der Waals surface area contributed by atoms with Crippen molar-refractivity contribution in [2.75, 3.05) is 10.6 Å². The van der Waals surface area contributed by atoms with Crippen LogP contribution in [0.5, 0.6) is 5.75 Å². The van der Waals surface area contributed by atoms with Crippen LogP contribution in [-0.2, 0) is 6.42 Å². The van der Waals surface area contributed by atoms with E-state index in [0.29, 0.717) is 0 Å². The Morgan fingerprint density at radius 1 is 1.07 bits per heavy atom. The standard InChI is InChI=1S/C24H24N4OS/c1-15(23-25-12-13-30-23)26-18-7-5-8-19-17(18)10-11-21(27-19)28-20-9-4-6-16-14-24(2,3)29-22(16)20/h4-13,15,26H,14H2,1-3H3,(H,27,28). The topological polar surface area (TPSA) is 59.1 Å². The van der Waals surface area contributed by atoms with E-state index >= 15 is 0 Å². The molecule has 4 aromatic rings. The van der Waals surface area contributed by atoms with Crippen LogP contribution in [0.1, 0.15) is 37.4 Å². The van der Waals surface area contributed by atoms with E-state index in [1.165, 1.54) is 5.56 Å². The van der Waals surface area contributed by atoms with Gasteiger partial charge in [-0.2, -0.15) is 0 Å². The molecular weight excluding hydrogens is 392 g/mol. The summed E-state index contributed by atoms with van der Waals surface area (Å²) in [6, 6.07) is 16.6. The summed E-state index contributed by atoms with van der Waals surface area (Å²) in [6.07, 6.45) is 2.75. The van der Waals surface area contributed by atoms with Gasteiger partial charge in [0.2, 0.25) is 0 Å². The molecule has 0 saturated heterocycles. The summed E-state index contributed by atoms with van der Waals surface area (Å²) in [4.78, 5) is 9.25. The Balaban J connectivity index is 1.43. The van der Waals surface area contributed by atoms with E-state index < -0.39 is 0 Å². The fraction of sp³-hybridized carbons (Fsp3) is 0.250. The van der Waals surface area contributed by atoms with Crippen LogP contribution in [0.4, 0.5) is 17.2 Å². The van der Waals surface area contributed by atoms with E-state index in [-0.39, 0.29) is 11.6 Å². The van der Waals surface area contributed by atoms with E-state index in [2.05, 4.69) is 60.7 Å². The molecule has 1 unspecified atom stereocenters. The number of para-hydroxylation sites is 1. The maximum atomic E-state index is 6.18. The van der Waals surface area contributed by atoms with Gasteiger partial charge in [0.05, 0.1) is 17.2 Å². The minimum absolute atomic E-state index is 0.140. The minimum Gasteiger partial charge on any atom is -0.485 e. The van der Waals surface area contributed by atoms with E-state index in [0.717, 1.165) is 45.3 Å². The Labute approximate surface area is 180 Å². The third kappa shape index (κ3) is 3.59. The molecule has 5 rings (SSSR count). The zero-order valence-corrected chi connectivity index (χ0v) is 18.1. The predicted octanol–water partition coefficient (Wildman–Crippen LogP) is 6.32. The monoisotopic (exact) mass is 416 g/mol. The molecule has 3 heterocycles. The third-order valence-electron chi connectivity index (χ3n) is 5.28. The highest BCUT2D eigenvalue weighted by molar-refractivity contribution is 7.09. The van der Waals surface area contributed by atoms with Gasteiger partial charge in [0.25, 0.3) is 0 Å². The van der Waals surface area contributed by atoms with Gasteiger partial charge in [0, 0.05) is 34.6 Å². The molecule has 1 atom stereocenters. The lowest BCUT2D eigenvalue weighted by Crippen LogP contribution is -2.24. The number of aromatic nitrogens is 2. The maximum Gasteiger partial charge on any atom is 0.146 e. The lowest BCUT2D eigenvalue weighted by atomic mass is 10.0. The van der Waals surface area contributed by atoms with E-state index in [9.17, 15) is 0 Å². The molecule has 0 aliphatic carbocycles. The number of pyridine rings is 1. The number of fused-ring (bicyclic) bond motifs is 2. The van der Waals surface area contributed by atoms with Crippen LogP contribution in [0, 0.1) is 0 Å². The summed E-state index contributed by atoms with van der Waals surface area (Å²) in [5.41, 5.74) is 4.00. The van der Waals surface area contributed by atoms with Crippen LogP contribution in [0.15, 0.2) is 60.1 Å². The van der Waals surface area contributed by atoms with Gasteiger partial charge in [0.1, 0.15) is 22.2 Å². The number of benzene rings is 2. The van der Waals surface area contributed by atoms with Crippen molar-refractivity contribution in [3.8, 4) is 5.75 Å². The molecule has 0 spiro atoms. The summed E-state index contributed by atoms with van der Waals surface area (Å²) < 4.78 is 6.18. The van der Waals surface area contributed by atoms with Crippen molar-refractivity contribution < 1.29 is 4.74 Å². The Hall–Kier alpha value is -3.12. The summed E-state index contributed by atoms with van der Waals surface area (Å²) in [5.74, 6) is 1.73. The summed E-state index contributed by atoms with van der Waals surface area (Å²) >= 11 is 1.66. The first-order valence-electron chi connectivity index (χ1n) is 10.1. The first-order valence-corrected chi connectivity index (χ1v) is 11.0. The Morgan fingerprint density at radius 3 is 2.73 bits per heavy atom. The van der Waals surface area contributed by atoms with E-state index in [4.69, 9.17) is 9.72 Å². The number of anilines is 3. The number of hydrogen-bond acceptors (Lipinski definition) is 6. The zero-order chi connectivity index (χ0) is 20.7. The van der Waals surface area contributed by atoms with Crippen molar-refractivity contribution in [1.29, 1.82) is 0 Å². The van der Waals surface area contributed by atoms with Crippen molar-refractivity contribution in [2.45, 2.75) is 38.8 Å². The molecule has 2 N–H and O–H groups in total. The first-order chi connectivity index (χ1) is 14.5. The quantitative estimate of drug-likeness (QED) is 0.398. The average molecular weight is 417 g/mol. The second kappa shape index (κ2) is 7.29. The summed E-state index contributed by atoms with van der Waals surface area (Å²) in [7, 11) is 0. The highest BCUT2D eigenvalue weighted by Gasteiger charge is 2.31. The molecule has 30 heavy (non-hydrogen) atoms. The van der Waals surface area contributed by atoms with Crippen LogP contribution < -0.4 is 15.4 Å². The molecular formula is C24H24N4OS. The van der Waals surface area contributed by atoms with Gasteiger partial charge in [0.15, 0.2) is 0 Å². The van der Waals surface area contributed by atoms with Crippen molar-refractivity contribution in [3.05, 3.63) is 70.7 Å². The highest BCUT2D eigenvalue weighted by atomic mass is 32.1. The highest BCUT2D eigenvalue weighted by Crippen LogP contribution is 2.41. The van der Waals surface area contributed by atoms with Gasteiger partial charge in [-0.05, 0) is 51.1 Å². The predicted molar refractivity (Wildman–Crippen MR) is 124 cm³/mol. The molecule has 0 amide bonds. The number of hydrogen-bond donors (Lipinski definition) is 2. The van der Waals surface area contributed by atoms with Crippen molar-refractivity contribution in [1.82, 2.24) is 9.97 Å². The number of rotatable bonds is 5. The largest absolute Gasteiger partial charge is 0.485 e. The van der Waals surface area contributed by atoms with Crippen LogP contribution in [0.3, 0.4) is 0 Å². The van der Waals surface area contributed by atoms with Gasteiger partial charge in [-0.3, -0.25) is 0 Å². The van der Waals surface area contributed by atoms with Gasteiger partial charge in [-0.25, -0.2) is 9.97 Å². The van der Waals surface area contributed by atoms with Crippen molar-refractivity contribution in [3.63, 3.8) is 0 Å². The van der Waals surface area contributed by atoms with Crippen molar-refractivity contribution in [2.24, 2.45) is 0 Å². The van der Waals surface area contributed by atoms with Crippen LogP contribution in [0.2, 0.25) is 0 Å². The second-order valence-electron chi connectivity index (χ2n) is 8.26. The molecule has 5 nitrogen and oxygen atoms in total. The number of thiazole rings is 1. The Bertz CT molecular complexity index is 1200. The maximum absolute atomic E-state index is 6.18. The zero-order valence-electron chi connectivity index (χ0n) is 17.3. The van der Waals surface area contributed by atoms with Gasteiger partial charge in [-0.15, -0.1) is 11.3 Å². The molecule has 6 heteroatoms. The smallest absolute Gasteiger partial charge is 0.146 e. The Morgan fingerprint density at radius 2 is 1.90 bits per heavy atom. The summed E-state index contributed by atoms with van der Waals surface area (Å²) in [6.45, 7) is 6.36. The third-order valence-corrected chi connectivity index (χ3v) is 6.24. The minimum atomic E-state index is -0.175. The van der Waals surface area contributed by atoms with E-state index in [1.807, 2.05) is 35.8 Å². The molecule has 2 aromatic carbocycles. The fourth-order valence-electron chi connectivity index (χ4n) is 3.95. The second-order valence-corrected chi connectivity index (χ2v) is 9.19. The fourth-order valence-corrected chi connectivity index (χ4v) is 4.59. The molecule has 0 fully saturated rings. The van der Waals surface area contributed by atoms with Crippen LogP contribution in [0.25, 0.3) is 10.9 Å². The van der Waals surface area contributed by atoms with Crippen LogP contribution >= 0.6 is 11.3 Å². The number of nitrogens with zero attached hydrogens (tertiary/aromatic N) is 2.